The van der Waals surface area contributed by atoms with Crippen molar-refractivity contribution < 1.29 is 32.3 Å². The SMILES string of the molecule is CCOC(=O)CCN(C=CC(=O)C(F)(F)F)OCC. The van der Waals surface area contributed by atoms with E-state index in [1.165, 1.54) is 0 Å². The zero-order chi connectivity index (χ0) is 14.9. The van der Waals surface area contributed by atoms with Crippen molar-refractivity contribution in [2.45, 2.75) is 26.4 Å². The van der Waals surface area contributed by atoms with Crippen LogP contribution < -0.4 is 0 Å². The highest BCUT2D eigenvalue weighted by Gasteiger charge is 2.36. The maximum atomic E-state index is 12.0. The first-order valence-electron chi connectivity index (χ1n) is 5.65. The second-order valence-electron chi connectivity index (χ2n) is 3.29. The van der Waals surface area contributed by atoms with Gasteiger partial charge in [0.1, 0.15) is 0 Å². The van der Waals surface area contributed by atoms with Crippen LogP contribution in [0.2, 0.25) is 0 Å². The molecule has 0 aliphatic heterocycles. The Morgan fingerprint density at radius 1 is 1.21 bits per heavy atom. The molecule has 19 heavy (non-hydrogen) atoms. The highest BCUT2D eigenvalue weighted by atomic mass is 19.4. The molecule has 0 atom stereocenters. The van der Waals surface area contributed by atoms with Gasteiger partial charge in [-0.15, -0.1) is 0 Å². The Kier molecular flexibility index (Phi) is 7.81. The average Bonchev–Trinajstić information content (AvgIpc) is 2.31. The number of carbonyl (C=O) groups is 2. The van der Waals surface area contributed by atoms with Gasteiger partial charge < -0.3 is 4.74 Å². The summed E-state index contributed by atoms with van der Waals surface area (Å²) in [5, 5.41) is 0.987. The minimum absolute atomic E-state index is 0.00564. The zero-order valence-corrected chi connectivity index (χ0v) is 10.7. The van der Waals surface area contributed by atoms with Crippen molar-refractivity contribution >= 4 is 11.8 Å². The summed E-state index contributed by atoms with van der Waals surface area (Å²) in [7, 11) is 0. The molecule has 8 heteroatoms. The summed E-state index contributed by atoms with van der Waals surface area (Å²) in [6.07, 6.45) is -3.78. The van der Waals surface area contributed by atoms with E-state index in [2.05, 4.69) is 4.74 Å². The Morgan fingerprint density at radius 3 is 2.32 bits per heavy atom. The van der Waals surface area contributed by atoms with Crippen LogP contribution in [0, 0.1) is 0 Å². The van der Waals surface area contributed by atoms with Gasteiger partial charge in [0.25, 0.3) is 5.78 Å². The minimum Gasteiger partial charge on any atom is -0.466 e. The molecule has 0 aliphatic rings. The molecule has 0 heterocycles. The number of carbonyl (C=O) groups excluding carboxylic acids is 2. The van der Waals surface area contributed by atoms with Gasteiger partial charge in [0.2, 0.25) is 0 Å². The first kappa shape index (κ1) is 17.4. The number of rotatable bonds is 8. The average molecular weight is 283 g/mol. The van der Waals surface area contributed by atoms with Crippen LogP contribution in [0.25, 0.3) is 0 Å². The fourth-order valence-electron chi connectivity index (χ4n) is 1.03. The molecule has 0 saturated heterocycles. The van der Waals surface area contributed by atoms with E-state index < -0.39 is 17.9 Å². The summed E-state index contributed by atoms with van der Waals surface area (Å²) in [5.41, 5.74) is 0. The van der Waals surface area contributed by atoms with E-state index >= 15 is 0 Å². The number of hydroxylamine groups is 2. The van der Waals surface area contributed by atoms with E-state index in [0.29, 0.717) is 6.08 Å². The first-order chi connectivity index (χ1) is 8.81. The van der Waals surface area contributed by atoms with Crippen molar-refractivity contribution in [3.63, 3.8) is 0 Å². The number of alkyl halides is 3. The van der Waals surface area contributed by atoms with Crippen molar-refractivity contribution in [3.05, 3.63) is 12.3 Å². The van der Waals surface area contributed by atoms with E-state index in [1.807, 2.05) is 0 Å². The van der Waals surface area contributed by atoms with E-state index in [9.17, 15) is 22.8 Å². The molecular weight excluding hydrogens is 267 g/mol. The number of hydrogen-bond donors (Lipinski definition) is 0. The molecule has 0 rings (SSSR count). The Bertz CT molecular complexity index is 328. The maximum Gasteiger partial charge on any atom is 0.454 e. The van der Waals surface area contributed by atoms with Gasteiger partial charge in [-0.05, 0) is 13.8 Å². The van der Waals surface area contributed by atoms with Crippen molar-refractivity contribution in [2.75, 3.05) is 19.8 Å². The number of halogens is 3. The van der Waals surface area contributed by atoms with Crippen LogP contribution in [0.3, 0.4) is 0 Å². The lowest BCUT2D eigenvalue weighted by molar-refractivity contribution is -0.166. The van der Waals surface area contributed by atoms with E-state index in [4.69, 9.17) is 4.84 Å². The molecule has 0 unspecified atom stereocenters. The van der Waals surface area contributed by atoms with E-state index in [1.54, 1.807) is 13.8 Å². The number of hydrogen-bond acceptors (Lipinski definition) is 5. The topological polar surface area (TPSA) is 55.8 Å². The predicted octanol–water partition coefficient (Wildman–Crippen LogP) is 1.84. The highest BCUT2D eigenvalue weighted by molar-refractivity contribution is 5.94. The zero-order valence-electron chi connectivity index (χ0n) is 10.7. The standard InChI is InChI=1S/C11H16F3NO4/c1-3-18-10(17)6-8-15(19-4-2)7-5-9(16)11(12,13)14/h5,7H,3-4,6,8H2,1-2H3. The third-order valence-corrected chi connectivity index (χ3v) is 1.81. The summed E-state index contributed by atoms with van der Waals surface area (Å²) in [6.45, 7) is 3.66. The highest BCUT2D eigenvalue weighted by Crippen LogP contribution is 2.16. The number of allylic oxidation sites excluding steroid dienone is 1. The molecule has 0 aromatic carbocycles. The second-order valence-corrected chi connectivity index (χ2v) is 3.29. The van der Waals surface area contributed by atoms with Crippen molar-refractivity contribution in [1.29, 1.82) is 0 Å². The molecule has 0 N–H and O–H groups in total. The lowest BCUT2D eigenvalue weighted by Gasteiger charge is -2.18. The van der Waals surface area contributed by atoms with Gasteiger partial charge in [0.15, 0.2) is 0 Å². The molecule has 0 aromatic rings. The third kappa shape index (κ3) is 8.20. The van der Waals surface area contributed by atoms with Gasteiger partial charge in [-0.3, -0.25) is 19.5 Å². The lowest BCUT2D eigenvalue weighted by atomic mass is 10.3. The Labute approximate surface area is 108 Å². The molecule has 0 amide bonds. The Balaban J connectivity index is 4.37. The molecular formula is C11H16F3NO4. The molecule has 0 aliphatic carbocycles. The Hall–Kier alpha value is -1.57. The van der Waals surface area contributed by atoms with Crippen LogP contribution in [0.4, 0.5) is 13.2 Å². The van der Waals surface area contributed by atoms with Gasteiger partial charge in [0, 0.05) is 12.3 Å². The normalized spacial score (nSPS) is 11.6. The maximum absolute atomic E-state index is 12.0. The van der Waals surface area contributed by atoms with Gasteiger partial charge in [-0.2, -0.15) is 13.2 Å². The fraction of sp³-hybridized carbons (Fsp3) is 0.636. The molecule has 0 aromatic heterocycles. The quantitative estimate of drug-likeness (QED) is 0.386. The van der Waals surface area contributed by atoms with Crippen molar-refractivity contribution in [1.82, 2.24) is 5.06 Å². The van der Waals surface area contributed by atoms with Gasteiger partial charge in [0.05, 0.1) is 26.2 Å². The molecule has 5 nitrogen and oxygen atoms in total. The van der Waals surface area contributed by atoms with Crippen molar-refractivity contribution in [3.8, 4) is 0 Å². The summed E-state index contributed by atoms with van der Waals surface area (Å²) in [4.78, 5) is 26.7. The molecule has 0 spiro atoms. The molecule has 0 radical (unpaired) electrons. The van der Waals surface area contributed by atoms with E-state index in [0.717, 1.165) is 11.3 Å². The lowest BCUT2D eigenvalue weighted by Crippen LogP contribution is -2.25. The summed E-state index contributed by atoms with van der Waals surface area (Å²) < 4.78 is 40.6. The van der Waals surface area contributed by atoms with Crippen LogP contribution in [0.15, 0.2) is 12.3 Å². The minimum atomic E-state index is -4.92. The number of ketones is 1. The summed E-state index contributed by atoms with van der Waals surface area (Å²) in [6, 6.07) is 0. The van der Waals surface area contributed by atoms with Crippen LogP contribution in [-0.4, -0.2) is 42.8 Å². The predicted molar refractivity (Wildman–Crippen MR) is 59.8 cm³/mol. The number of ether oxygens (including phenoxy) is 1. The first-order valence-corrected chi connectivity index (χ1v) is 5.65. The Morgan fingerprint density at radius 2 is 1.84 bits per heavy atom. The third-order valence-electron chi connectivity index (χ3n) is 1.81. The van der Waals surface area contributed by atoms with Gasteiger partial charge in [-0.25, -0.2) is 0 Å². The number of esters is 1. The summed E-state index contributed by atoms with van der Waals surface area (Å²) >= 11 is 0. The number of nitrogens with zero attached hydrogens (tertiary/aromatic N) is 1. The van der Waals surface area contributed by atoms with Crippen LogP contribution >= 0.6 is 0 Å². The monoisotopic (exact) mass is 283 g/mol. The van der Waals surface area contributed by atoms with Gasteiger partial charge in [-0.1, -0.05) is 0 Å². The largest absolute Gasteiger partial charge is 0.466 e. The van der Waals surface area contributed by atoms with Crippen LogP contribution in [0.5, 0.6) is 0 Å². The van der Waals surface area contributed by atoms with Crippen molar-refractivity contribution in [2.24, 2.45) is 0 Å². The molecule has 0 saturated carbocycles. The van der Waals surface area contributed by atoms with E-state index in [-0.39, 0.29) is 26.2 Å². The summed E-state index contributed by atoms with van der Waals surface area (Å²) in [5.74, 6) is -2.49. The van der Waals surface area contributed by atoms with Crippen LogP contribution in [0.1, 0.15) is 20.3 Å². The molecule has 0 bridgehead atoms. The molecule has 110 valence electrons. The second kappa shape index (κ2) is 8.52. The van der Waals surface area contributed by atoms with Gasteiger partial charge >= 0.3 is 12.1 Å². The molecule has 0 fully saturated rings. The van der Waals surface area contributed by atoms with Crippen LogP contribution in [-0.2, 0) is 19.2 Å². The fourth-order valence-corrected chi connectivity index (χ4v) is 1.03. The smallest absolute Gasteiger partial charge is 0.454 e.